The lowest BCUT2D eigenvalue weighted by Crippen LogP contribution is -2.50. The summed E-state index contributed by atoms with van der Waals surface area (Å²) in [6, 6.07) is 18.5. The Bertz CT molecular complexity index is 928. The maximum absolute atomic E-state index is 13.1. The fourth-order valence-corrected chi connectivity index (χ4v) is 3.52. The number of nitrogens with two attached hydrogens (primary N) is 1. The highest BCUT2D eigenvalue weighted by atomic mass is 16.2. The highest BCUT2D eigenvalue weighted by Crippen LogP contribution is 2.23. The molecule has 1 saturated heterocycles. The molecule has 28 heavy (non-hydrogen) atoms. The van der Waals surface area contributed by atoms with Crippen LogP contribution in [0.5, 0.6) is 0 Å². The van der Waals surface area contributed by atoms with Gasteiger partial charge < -0.3 is 10.6 Å². The molecule has 7 heteroatoms. The van der Waals surface area contributed by atoms with E-state index in [2.05, 4.69) is 10.1 Å². The highest BCUT2D eigenvalue weighted by Gasteiger charge is 2.33. The molecule has 1 aliphatic rings. The normalized spacial score (nSPS) is 16.7. The zero-order valence-electron chi connectivity index (χ0n) is 15.4. The van der Waals surface area contributed by atoms with Crippen LogP contribution in [-0.4, -0.2) is 44.1 Å². The molecule has 0 aliphatic carbocycles. The number of carbonyl (C=O) groups is 2. The van der Waals surface area contributed by atoms with Crippen molar-refractivity contribution in [3.8, 4) is 17.1 Å². The van der Waals surface area contributed by atoms with Gasteiger partial charge >= 0.3 is 0 Å². The molecule has 7 nitrogen and oxygen atoms in total. The molecule has 2 N–H and O–H groups in total. The molecule has 2 aromatic carbocycles. The third-order valence-corrected chi connectivity index (χ3v) is 4.92. The second-order valence-electron chi connectivity index (χ2n) is 6.78. The first kappa shape index (κ1) is 17.9. The lowest BCUT2D eigenvalue weighted by molar-refractivity contribution is -0.123. The van der Waals surface area contributed by atoms with Crippen molar-refractivity contribution in [1.82, 2.24) is 19.7 Å². The van der Waals surface area contributed by atoms with E-state index in [0.29, 0.717) is 18.8 Å². The van der Waals surface area contributed by atoms with E-state index < -0.39 is 11.9 Å². The van der Waals surface area contributed by atoms with E-state index in [4.69, 9.17) is 5.73 Å². The second-order valence-corrected chi connectivity index (χ2v) is 6.78. The maximum Gasteiger partial charge on any atom is 0.294 e. The number of piperidine rings is 1. The van der Waals surface area contributed by atoms with Gasteiger partial charge in [0, 0.05) is 12.1 Å². The van der Waals surface area contributed by atoms with Crippen molar-refractivity contribution in [2.75, 3.05) is 6.54 Å². The van der Waals surface area contributed by atoms with Gasteiger partial charge in [-0.25, -0.2) is 9.67 Å². The molecule has 0 bridgehead atoms. The van der Waals surface area contributed by atoms with Crippen LogP contribution in [0, 0.1) is 0 Å². The van der Waals surface area contributed by atoms with Crippen LogP contribution in [0.4, 0.5) is 0 Å². The van der Waals surface area contributed by atoms with Gasteiger partial charge in [0.15, 0.2) is 5.82 Å². The molecule has 0 unspecified atom stereocenters. The predicted molar refractivity (Wildman–Crippen MR) is 105 cm³/mol. The summed E-state index contributed by atoms with van der Waals surface area (Å²) >= 11 is 0. The van der Waals surface area contributed by atoms with Gasteiger partial charge in [0.25, 0.3) is 5.91 Å². The van der Waals surface area contributed by atoms with Gasteiger partial charge in [-0.3, -0.25) is 9.59 Å². The number of carbonyl (C=O) groups excluding carboxylic acids is 2. The molecule has 0 radical (unpaired) electrons. The molecule has 0 spiro atoms. The SMILES string of the molecule is NC(=O)[C@@H]1CCCCN1C(=O)c1nc(-c2ccccc2)n(-c2ccccc2)n1. The van der Waals surface area contributed by atoms with Gasteiger partial charge in [-0.2, -0.15) is 0 Å². The number of rotatable bonds is 4. The largest absolute Gasteiger partial charge is 0.368 e. The number of nitrogens with zero attached hydrogens (tertiary/aromatic N) is 4. The molecule has 4 rings (SSSR count). The smallest absolute Gasteiger partial charge is 0.294 e. The summed E-state index contributed by atoms with van der Waals surface area (Å²) in [4.78, 5) is 31.0. The van der Waals surface area contributed by atoms with Gasteiger partial charge in [0.1, 0.15) is 6.04 Å². The van der Waals surface area contributed by atoms with E-state index in [1.54, 1.807) is 4.68 Å². The van der Waals surface area contributed by atoms with Gasteiger partial charge in [0.05, 0.1) is 5.69 Å². The molecule has 2 amide bonds. The number of para-hydroxylation sites is 1. The van der Waals surface area contributed by atoms with Crippen LogP contribution in [0.3, 0.4) is 0 Å². The van der Waals surface area contributed by atoms with Crippen LogP contribution in [0.15, 0.2) is 60.7 Å². The maximum atomic E-state index is 13.1. The number of primary amides is 1. The van der Waals surface area contributed by atoms with Crippen molar-refractivity contribution in [3.05, 3.63) is 66.5 Å². The predicted octanol–water partition coefficient (Wildman–Crippen LogP) is 2.41. The number of hydrogen-bond acceptors (Lipinski definition) is 4. The molecule has 142 valence electrons. The third kappa shape index (κ3) is 3.38. The molecule has 2 heterocycles. The van der Waals surface area contributed by atoms with Crippen molar-refractivity contribution < 1.29 is 9.59 Å². The lowest BCUT2D eigenvalue weighted by atomic mass is 10.0. The monoisotopic (exact) mass is 375 g/mol. The Labute approximate surface area is 162 Å². The molecule has 0 saturated carbocycles. The first-order chi connectivity index (χ1) is 13.6. The Hall–Kier alpha value is -3.48. The van der Waals surface area contributed by atoms with Gasteiger partial charge in [-0.05, 0) is 31.4 Å². The van der Waals surface area contributed by atoms with Crippen molar-refractivity contribution >= 4 is 11.8 Å². The molecule has 3 aromatic rings. The van der Waals surface area contributed by atoms with Crippen LogP contribution in [0.2, 0.25) is 0 Å². The fraction of sp³-hybridized carbons (Fsp3) is 0.238. The van der Waals surface area contributed by atoms with Gasteiger partial charge in [0.2, 0.25) is 11.7 Å². The Morgan fingerprint density at radius 2 is 1.64 bits per heavy atom. The van der Waals surface area contributed by atoms with Crippen LogP contribution >= 0.6 is 0 Å². The van der Waals surface area contributed by atoms with E-state index >= 15 is 0 Å². The summed E-state index contributed by atoms with van der Waals surface area (Å²) in [5.74, 6) is -0.215. The number of likely N-dealkylation sites (tertiary alicyclic amines) is 1. The van der Waals surface area contributed by atoms with E-state index in [1.165, 1.54) is 4.90 Å². The summed E-state index contributed by atoms with van der Waals surface area (Å²) < 4.78 is 1.66. The second kappa shape index (κ2) is 7.64. The average molecular weight is 375 g/mol. The van der Waals surface area contributed by atoms with Crippen LogP contribution in [0.25, 0.3) is 17.1 Å². The minimum atomic E-state index is -0.606. The Morgan fingerprint density at radius 3 is 2.32 bits per heavy atom. The van der Waals surface area contributed by atoms with Crippen molar-refractivity contribution in [2.24, 2.45) is 5.73 Å². The van der Waals surface area contributed by atoms with Crippen LogP contribution < -0.4 is 5.73 Å². The van der Waals surface area contributed by atoms with Crippen molar-refractivity contribution in [1.29, 1.82) is 0 Å². The molecular formula is C21H21N5O2. The number of benzene rings is 2. The average Bonchev–Trinajstić information content (AvgIpc) is 3.20. The first-order valence-corrected chi connectivity index (χ1v) is 9.33. The molecule has 1 aromatic heterocycles. The van der Waals surface area contributed by atoms with Gasteiger partial charge in [-0.1, -0.05) is 48.5 Å². The quantitative estimate of drug-likeness (QED) is 0.758. The lowest BCUT2D eigenvalue weighted by Gasteiger charge is -2.32. The Morgan fingerprint density at radius 1 is 0.964 bits per heavy atom. The third-order valence-electron chi connectivity index (χ3n) is 4.92. The first-order valence-electron chi connectivity index (χ1n) is 9.33. The zero-order valence-corrected chi connectivity index (χ0v) is 15.4. The molecule has 1 atom stereocenters. The van der Waals surface area contributed by atoms with Crippen LogP contribution in [-0.2, 0) is 4.79 Å². The summed E-state index contributed by atoms with van der Waals surface area (Å²) in [6.45, 7) is 0.479. The Balaban J connectivity index is 1.77. The van der Waals surface area contributed by atoms with Gasteiger partial charge in [-0.15, -0.1) is 5.10 Å². The Kier molecular flexibility index (Phi) is 4.89. The summed E-state index contributed by atoms with van der Waals surface area (Å²) in [5, 5.41) is 4.49. The van der Waals surface area contributed by atoms with Crippen molar-refractivity contribution in [3.63, 3.8) is 0 Å². The standard InChI is InChI=1S/C21H21N5O2/c22-18(27)17-13-7-8-14-25(17)21(28)19-23-20(15-9-3-1-4-10-15)26(24-19)16-11-5-2-6-12-16/h1-6,9-12,17H,7-8,13-14H2,(H2,22,27)/t17-/m0/s1. The van der Waals surface area contributed by atoms with E-state index in [-0.39, 0.29) is 11.7 Å². The van der Waals surface area contributed by atoms with E-state index in [0.717, 1.165) is 24.1 Å². The highest BCUT2D eigenvalue weighted by molar-refractivity contribution is 5.95. The molecule has 1 aliphatic heterocycles. The topological polar surface area (TPSA) is 94.1 Å². The van der Waals surface area contributed by atoms with Crippen molar-refractivity contribution in [2.45, 2.75) is 25.3 Å². The van der Waals surface area contributed by atoms with E-state index in [9.17, 15) is 9.59 Å². The number of hydrogen-bond donors (Lipinski definition) is 1. The zero-order chi connectivity index (χ0) is 19.5. The number of amides is 2. The fourth-order valence-electron chi connectivity index (χ4n) is 3.52. The number of aromatic nitrogens is 3. The summed E-state index contributed by atoms with van der Waals surface area (Å²) in [6.07, 6.45) is 2.28. The minimum Gasteiger partial charge on any atom is -0.368 e. The summed E-state index contributed by atoms with van der Waals surface area (Å²) in [5.41, 5.74) is 7.17. The molecule has 1 fully saturated rings. The van der Waals surface area contributed by atoms with Crippen LogP contribution in [0.1, 0.15) is 29.9 Å². The minimum absolute atomic E-state index is 0.0656. The van der Waals surface area contributed by atoms with E-state index in [1.807, 2.05) is 60.7 Å². The summed E-state index contributed by atoms with van der Waals surface area (Å²) in [7, 11) is 0. The molecular weight excluding hydrogens is 354 g/mol.